The third-order valence-corrected chi connectivity index (χ3v) is 7.42. The number of hydrogen-bond donors (Lipinski definition) is 0. The molecule has 2 aromatic heterocycles. The van der Waals surface area contributed by atoms with Crippen molar-refractivity contribution in [2.45, 2.75) is 33.2 Å². The second-order valence-corrected chi connectivity index (χ2v) is 9.80. The van der Waals surface area contributed by atoms with E-state index in [2.05, 4.69) is 67.4 Å². The lowest BCUT2D eigenvalue weighted by Gasteiger charge is -2.20. The molecule has 6 heteroatoms. The van der Waals surface area contributed by atoms with Crippen LogP contribution in [0.4, 0.5) is 5.13 Å². The van der Waals surface area contributed by atoms with Gasteiger partial charge in [0.25, 0.3) is 0 Å². The van der Waals surface area contributed by atoms with Crippen molar-refractivity contribution in [3.05, 3.63) is 102 Å². The highest BCUT2D eigenvalue weighted by atomic mass is 32.1. The Labute approximate surface area is 209 Å². The van der Waals surface area contributed by atoms with Crippen LogP contribution in [0.5, 0.6) is 0 Å². The van der Waals surface area contributed by atoms with Gasteiger partial charge in [-0.1, -0.05) is 72.0 Å². The van der Waals surface area contributed by atoms with Crippen LogP contribution in [0.2, 0.25) is 0 Å². The summed E-state index contributed by atoms with van der Waals surface area (Å²) < 4.78 is 3.15. The first-order chi connectivity index (χ1) is 17.1. The van der Waals surface area contributed by atoms with E-state index in [1.54, 1.807) is 17.5 Å². The van der Waals surface area contributed by atoms with Crippen molar-refractivity contribution < 1.29 is 4.79 Å². The van der Waals surface area contributed by atoms with E-state index in [1.165, 1.54) is 16.7 Å². The van der Waals surface area contributed by atoms with Crippen molar-refractivity contribution in [3.8, 4) is 11.1 Å². The molecule has 0 unspecified atom stereocenters. The second kappa shape index (κ2) is 10.2. The molecule has 5 nitrogen and oxygen atoms in total. The van der Waals surface area contributed by atoms with Gasteiger partial charge in [-0.25, -0.2) is 9.97 Å². The molecule has 0 bridgehead atoms. The summed E-state index contributed by atoms with van der Waals surface area (Å²) >= 11 is 1.59. The summed E-state index contributed by atoms with van der Waals surface area (Å²) in [4.78, 5) is 24.5. The average Bonchev–Trinajstić information content (AvgIpc) is 3.55. The number of anilines is 1. The van der Waals surface area contributed by atoms with Crippen LogP contribution < -0.4 is 4.90 Å². The molecule has 35 heavy (non-hydrogen) atoms. The molecule has 0 N–H and O–H groups in total. The number of aromatic nitrogens is 3. The molecule has 0 spiro atoms. The highest BCUT2D eigenvalue weighted by molar-refractivity contribution is 7.22. The van der Waals surface area contributed by atoms with E-state index >= 15 is 0 Å². The number of rotatable bonds is 8. The lowest BCUT2D eigenvalue weighted by molar-refractivity contribution is -0.118. The third-order valence-electron chi connectivity index (χ3n) is 6.38. The van der Waals surface area contributed by atoms with Gasteiger partial charge in [0, 0.05) is 25.5 Å². The lowest BCUT2D eigenvalue weighted by atomic mass is 10.0. The summed E-state index contributed by atoms with van der Waals surface area (Å²) in [7, 11) is 0. The molecular weight excluding hydrogens is 452 g/mol. The summed E-state index contributed by atoms with van der Waals surface area (Å²) in [6, 6.07) is 22.8. The van der Waals surface area contributed by atoms with Gasteiger partial charge in [-0.2, -0.15) is 0 Å². The van der Waals surface area contributed by atoms with Crippen LogP contribution in [-0.4, -0.2) is 27.0 Å². The van der Waals surface area contributed by atoms with E-state index in [4.69, 9.17) is 4.98 Å². The Bertz CT molecular complexity index is 1420. The minimum absolute atomic E-state index is 0.0662. The molecule has 0 radical (unpaired) electrons. The van der Waals surface area contributed by atoms with Crippen molar-refractivity contribution in [2.75, 3.05) is 11.4 Å². The van der Waals surface area contributed by atoms with E-state index in [0.29, 0.717) is 13.0 Å². The van der Waals surface area contributed by atoms with Crippen LogP contribution in [0.1, 0.15) is 23.1 Å². The zero-order valence-corrected chi connectivity index (χ0v) is 20.8. The van der Waals surface area contributed by atoms with Gasteiger partial charge in [-0.15, -0.1) is 0 Å². The highest BCUT2D eigenvalue weighted by Crippen LogP contribution is 2.32. The van der Waals surface area contributed by atoms with Crippen molar-refractivity contribution in [2.24, 2.45) is 0 Å². The quantitative estimate of drug-likeness (QED) is 0.257. The van der Waals surface area contributed by atoms with Crippen molar-refractivity contribution >= 4 is 32.6 Å². The van der Waals surface area contributed by atoms with E-state index in [9.17, 15) is 4.79 Å². The number of carbonyl (C=O) groups excluding carboxylic acids is 1. The molecule has 5 aromatic rings. The fourth-order valence-corrected chi connectivity index (χ4v) is 5.27. The number of amides is 1. The molecule has 0 fully saturated rings. The maximum atomic E-state index is 13.6. The van der Waals surface area contributed by atoms with Crippen molar-refractivity contribution in [3.63, 3.8) is 0 Å². The van der Waals surface area contributed by atoms with Gasteiger partial charge in [0.1, 0.15) is 0 Å². The third kappa shape index (κ3) is 5.17. The number of aryl methyl sites for hydroxylation is 3. The van der Waals surface area contributed by atoms with Gasteiger partial charge in [0.2, 0.25) is 5.91 Å². The standard InChI is InChI=1S/C29H28N4OS/c1-21-9-14-26-28(22(21)2)31-29(35-26)33(17-6-16-32-18-15-30-20-32)27(34)19-23-10-12-25(13-11-23)24-7-4-3-5-8-24/h3-5,7-15,18,20H,6,16-17,19H2,1-2H3. The number of nitrogens with zero attached hydrogens (tertiary/aromatic N) is 4. The molecule has 0 aliphatic carbocycles. The number of imidazole rings is 1. The Morgan fingerprint density at radius 1 is 0.971 bits per heavy atom. The van der Waals surface area contributed by atoms with Crippen LogP contribution >= 0.6 is 11.3 Å². The highest BCUT2D eigenvalue weighted by Gasteiger charge is 2.21. The van der Waals surface area contributed by atoms with Crippen LogP contribution in [0, 0.1) is 13.8 Å². The molecule has 0 aliphatic rings. The first-order valence-corrected chi connectivity index (χ1v) is 12.7. The van der Waals surface area contributed by atoms with Gasteiger partial charge in [0.15, 0.2) is 5.13 Å². The molecule has 0 saturated carbocycles. The summed E-state index contributed by atoms with van der Waals surface area (Å²) in [6.45, 7) is 5.61. The predicted molar refractivity (Wildman–Crippen MR) is 144 cm³/mol. The van der Waals surface area contributed by atoms with Crippen LogP contribution in [0.15, 0.2) is 85.5 Å². The van der Waals surface area contributed by atoms with Crippen LogP contribution in [-0.2, 0) is 17.8 Å². The fraction of sp³-hybridized carbons (Fsp3) is 0.207. The van der Waals surface area contributed by atoms with Gasteiger partial charge >= 0.3 is 0 Å². The zero-order valence-electron chi connectivity index (χ0n) is 20.0. The van der Waals surface area contributed by atoms with Crippen LogP contribution in [0.3, 0.4) is 0 Å². The zero-order chi connectivity index (χ0) is 24.2. The topological polar surface area (TPSA) is 51.0 Å². The van der Waals surface area contributed by atoms with Gasteiger partial charge in [-0.05, 0) is 54.2 Å². The first kappa shape index (κ1) is 23.0. The minimum atomic E-state index is 0.0662. The summed E-state index contributed by atoms with van der Waals surface area (Å²) in [6.07, 6.45) is 6.70. The molecule has 176 valence electrons. The monoisotopic (exact) mass is 480 g/mol. The normalized spacial score (nSPS) is 11.1. The van der Waals surface area contributed by atoms with E-state index in [1.807, 2.05) is 40.2 Å². The van der Waals surface area contributed by atoms with E-state index < -0.39 is 0 Å². The number of hydrogen-bond acceptors (Lipinski definition) is 4. The predicted octanol–water partition coefficient (Wildman–Crippen LogP) is 6.44. The maximum absolute atomic E-state index is 13.6. The largest absolute Gasteiger partial charge is 0.337 e. The van der Waals surface area contributed by atoms with Gasteiger partial charge < -0.3 is 4.57 Å². The molecule has 2 heterocycles. The number of fused-ring (bicyclic) bond motifs is 1. The Morgan fingerprint density at radius 2 is 1.74 bits per heavy atom. The van der Waals surface area contributed by atoms with Crippen LogP contribution in [0.25, 0.3) is 21.3 Å². The maximum Gasteiger partial charge on any atom is 0.233 e. The Morgan fingerprint density at radius 3 is 2.49 bits per heavy atom. The molecule has 0 atom stereocenters. The lowest BCUT2D eigenvalue weighted by Crippen LogP contribution is -2.33. The summed E-state index contributed by atoms with van der Waals surface area (Å²) in [5, 5.41) is 0.769. The van der Waals surface area contributed by atoms with Gasteiger partial charge in [-0.3, -0.25) is 9.69 Å². The SMILES string of the molecule is Cc1ccc2sc(N(CCCn3ccnc3)C(=O)Cc3ccc(-c4ccccc4)cc3)nc2c1C. The molecule has 0 saturated heterocycles. The first-order valence-electron chi connectivity index (χ1n) is 11.9. The number of carbonyl (C=O) groups is 1. The molecule has 3 aromatic carbocycles. The summed E-state index contributed by atoms with van der Waals surface area (Å²) in [5.74, 6) is 0.0662. The second-order valence-electron chi connectivity index (χ2n) is 8.79. The van der Waals surface area contributed by atoms with Gasteiger partial charge in [0.05, 0.1) is 23.0 Å². The Kier molecular flexibility index (Phi) is 6.73. The van der Waals surface area contributed by atoms with Crippen molar-refractivity contribution in [1.29, 1.82) is 0 Å². The summed E-state index contributed by atoms with van der Waals surface area (Å²) in [5.41, 5.74) is 6.70. The minimum Gasteiger partial charge on any atom is -0.337 e. The molecule has 0 aliphatic heterocycles. The van der Waals surface area contributed by atoms with E-state index in [-0.39, 0.29) is 5.91 Å². The smallest absolute Gasteiger partial charge is 0.233 e. The average molecular weight is 481 g/mol. The number of benzene rings is 3. The molecular formula is C29H28N4OS. The molecule has 5 rings (SSSR count). The van der Waals surface area contributed by atoms with Crippen molar-refractivity contribution in [1.82, 2.24) is 14.5 Å². The fourth-order valence-electron chi connectivity index (χ4n) is 4.20. The van der Waals surface area contributed by atoms with E-state index in [0.717, 1.165) is 39.4 Å². The number of thiazole rings is 1. The molecule has 1 amide bonds. The Balaban J connectivity index is 1.37. The Hall–Kier alpha value is -3.77.